The van der Waals surface area contributed by atoms with Crippen molar-refractivity contribution in [3.8, 4) is 0 Å². The number of hydrogen-bond donors (Lipinski definition) is 0. The lowest BCUT2D eigenvalue weighted by molar-refractivity contribution is 0.186. The van der Waals surface area contributed by atoms with Gasteiger partial charge in [-0.15, -0.1) is 4.40 Å². The zero-order valence-corrected chi connectivity index (χ0v) is 13.2. The Labute approximate surface area is 114 Å². The van der Waals surface area contributed by atoms with E-state index in [1.807, 2.05) is 13.8 Å². The van der Waals surface area contributed by atoms with Gasteiger partial charge in [-0.2, -0.15) is 8.42 Å². The van der Waals surface area contributed by atoms with E-state index in [9.17, 15) is 13.0 Å². The quantitative estimate of drug-likeness (QED) is 0.670. The SMILES string of the molecule is CCOP(=O)(OCC)C1OS(=O)(=O)N=C1CC(C)C. The Morgan fingerprint density at radius 2 is 1.84 bits per heavy atom. The lowest BCUT2D eigenvalue weighted by Gasteiger charge is -2.22. The molecule has 1 aliphatic heterocycles. The van der Waals surface area contributed by atoms with Crippen LogP contribution in [-0.4, -0.2) is 33.2 Å². The molecule has 0 amide bonds. The molecule has 1 rings (SSSR count). The van der Waals surface area contributed by atoms with Crippen molar-refractivity contribution in [1.29, 1.82) is 0 Å². The van der Waals surface area contributed by atoms with Gasteiger partial charge in [-0.25, -0.2) is 4.18 Å². The van der Waals surface area contributed by atoms with Crippen LogP contribution in [0.25, 0.3) is 0 Å². The summed E-state index contributed by atoms with van der Waals surface area (Å²) in [7, 11) is -7.75. The minimum absolute atomic E-state index is 0.131. The Morgan fingerprint density at radius 3 is 2.26 bits per heavy atom. The third-order valence-electron chi connectivity index (χ3n) is 2.25. The highest BCUT2D eigenvalue weighted by molar-refractivity contribution is 7.86. The van der Waals surface area contributed by atoms with Crippen LogP contribution in [0.2, 0.25) is 0 Å². The highest BCUT2D eigenvalue weighted by Gasteiger charge is 2.47. The first-order valence-electron chi connectivity index (χ1n) is 6.14. The van der Waals surface area contributed by atoms with Crippen LogP contribution >= 0.6 is 7.60 Å². The molecule has 0 aromatic heterocycles. The fraction of sp³-hybridized carbons (Fsp3) is 0.900. The normalized spacial score (nSPS) is 22.8. The predicted molar refractivity (Wildman–Crippen MR) is 71.5 cm³/mol. The van der Waals surface area contributed by atoms with E-state index in [-0.39, 0.29) is 24.8 Å². The zero-order valence-electron chi connectivity index (χ0n) is 11.5. The zero-order chi connectivity index (χ0) is 14.7. The molecule has 0 saturated carbocycles. The Hall–Kier alpha value is -0.270. The van der Waals surface area contributed by atoms with Crippen LogP contribution in [0.4, 0.5) is 0 Å². The molecular formula is C10H20NO6PS. The van der Waals surface area contributed by atoms with Crippen LogP contribution in [0.15, 0.2) is 4.40 Å². The van der Waals surface area contributed by atoms with Crippen LogP contribution in [0.5, 0.6) is 0 Å². The Bertz CT molecular complexity index is 476. The van der Waals surface area contributed by atoms with Crippen LogP contribution in [0, 0.1) is 5.92 Å². The van der Waals surface area contributed by atoms with Crippen molar-refractivity contribution in [2.45, 2.75) is 40.0 Å². The fourth-order valence-corrected chi connectivity index (χ4v) is 4.97. The molecule has 0 aromatic rings. The van der Waals surface area contributed by atoms with Crippen molar-refractivity contribution in [2.75, 3.05) is 13.2 Å². The van der Waals surface area contributed by atoms with Crippen LogP contribution in [0.3, 0.4) is 0 Å². The largest absolute Gasteiger partial charge is 0.382 e. The van der Waals surface area contributed by atoms with Gasteiger partial charge in [0.05, 0.1) is 18.9 Å². The molecule has 112 valence electrons. The van der Waals surface area contributed by atoms with E-state index in [1.165, 1.54) is 0 Å². The summed E-state index contributed by atoms with van der Waals surface area (Å²) in [4.78, 5) is 0. The Morgan fingerprint density at radius 1 is 1.32 bits per heavy atom. The second kappa shape index (κ2) is 6.45. The molecular weight excluding hydrogens is 293 g/mol. The molecule has 0 fully saturated rings. The summed E-state index contributed by atoms with van der Waals surface area (Å²) >= 11 is 0. The molecule has 0 spiro atoms. The fourth-order valence-electron chi connectivity index (χ4n) is 1.71. The summed E-state index contributed by atoms with van der Waals surface area (Å²) in [6, 6.07) is 0. The summed E-state index contributed by atoms with van der Waals surface area (Å²) in [5, 5.41) is 0. The van der Waals surface area contributed by atoms with Gasteiger partial charge in [-0.05, 0) is 26.2 Å². The third-order valence-corrected chi connectivity index (χ3v) is 5.50. The van der Waals surface area contributed by atoms with Gasteiger partial charge < -0.3 is 9.05 Å². The van der Waals surface area contributed by atoms with E-state index in [0.717, 1.165) is 0 Å². The Balaban J connectivity index is 3.09. The third kappa shape index (κ3) is 4.36. The molecule has 1 unspecified atom stereocenters. The maximum Gasteiger partial charge on any atom is 0.382 e. The monoisotopic (exact) mass is 313 g/mol. The van der Waals surface area contributed by atoms with Gasteiger partial charge in [0.1, 0.15) is 0 Å². The lowest BCUT2D eigenvalue weighted by Crippen LogP contribution is -2.23. The van der Waals surface area contributed by atoms with Crippen LogP contribution in [-0.2, 0) is 28.1 Å². The van der Waals surface area contributed by atoms with E-state index < -0.39 is 23.7 Å². The topological polar surface area (TPSA) is 91.3 Å². The summed E-state index contributed by atoms with van der Waals surface area (Å²) < 4.78 is 54.0. The molecule has 1 atom stereocenters. The first kappa shape index (κ1) is 16.8. The maximum absolute atomic E-state index is 12.6. The molecule has 1 aliphatic rings. The summed E-state index contributed by atoms with van der Waals surface area (Å²) in [5.41, 5.74) is 0.195. The minimum atomic E-state index is -4.05. The Kier molecular flexibility index (Phi) is 5.70. The molecule has 0 bridgehead atoms. The first-order valence-corrected chi connectivity index (χ1v) is 9.12. The average molecular weight is 313 g/mol. The van der Waals surface area contributed by atoms with Gasteiger partial charge in [0.15, 0.2) is 0 Å². The molecule has 0 aromatic carbocycles. The lowest BCUT2D eigenvalue weighted by atomic mass is 10.1. The standard InChI is InChI=1S/C10H20NO6PS/c1-5-15-18(12,16-6-2)10-9(7-8(3)4)11-19(13,14)17-10/h8,10H,5-7H2,1-4H3. The van der Waals surface area contributed by atoms with Gasteiger partial charge in [0.2, 0.25) is 5.85 Å². The summed E-state index contributed by atoms with van der Waals surface area (Å²) in [6.07, 6.45) is 0.355. The van der Waals surface area contributed by atoms with Gasteiger partial charge in [0, 0.05) is 0 Å². The second-order valence-electron chi connectivity index (χ2n) is 4.43. The molecule has 0 saturated heterocycles. The van der Waals surface area contributed by atoms with Crippen molar-refractivity contribution in [2.24, 2.45) is 10.3 Å². The molecule has 7 nitrogen and oxygen atoms in total. The number of rotatable bonds is 7. The smallest absolute Gasteiger partial charge is 0.307 e. The highest BCUT2D eigenvalue weighted by Crippen LogP contribution is 2.56. The summed E-state index contributed by atoms with van der Waals surface area (Å²) in [6.45, 7) is 7.36. The van der Waals surface area contributed by atoms with E-state index >= 15 is 0 Å². The van der Waals surface area contributed by atoms with E-state index in [4.69, 9.17) is 13.2 Å². The van der Waals surface area contributed by atoms with Crippen molar-refractivity contribution in [3.63, 3.8) is 0 Å². The minimum Gasteiger partial charge on any atom is -0.307 e. The average Bonchev–Trinajstić information content (AvgIpc) is 2.54. The maximum atomic E-state index is 12.6. The predicted octanol–water partition coefficient (Wildman–Crippen LogP) is 2.34. The molecule has 9 heteroatoms. The van der Waals surface area contributed by atoms with Crippen molar-refractivity contribution < 1.29 is 26.2 Å². The molecule has 0 N–H and O–H groups in total. The van der Waals surface area contributed by atoms with Gasteiger partial charge in [0.25, 0.3) is 0 Å². The van der Waals surface area contributed by atoms with Crippen LogP contribution < -0.4 is 0 Å². The van der Waals surface area contributed by atoms with Crippen molar-refractivity contribution in [3.05, 3.63) is 0 Å². The molecule has 19 heavy (non-hydrogen) atoms. The summed E-state index contributed by atoms with van der Waals surface area (Å²) in [5.74, 6) is -1.12. The second-order valence-corrected chi connectivity index (χ2v) is 7.73. The molecule has 0 aliphatic carbocycles. The molecule has 0 radical (unpaired) electrons. The van der Waals surface area contributed by atoms with E-state index in [0.29, 0.717) is 6.42 Å². The highest BCUT2D eigenvalue weighted by atomic mass is 32.2. The van der Waals surface area contributed by atoms with E-state index in [1.54, 1.807) is 13.8 Å². The van der Waals surface area contributed by atoms with Gasteiger partial charge in [-0.3, -0.25) is 4.57 Å². The van der Waals surface area contributed by atoms with Gasteiger partial charge >= 0.3 is 17.9 Å². The number of hydrogen-bond acceptors (Lipinski definition) is 6. The molecule has 1 heterocycles. The van der Waals surface area contributed by atoms with Gasteiger partial charge in [-0.1, -0.05) is 13.8 Å². The first-order chi connectivity index (χ1) is 8.74. The van der Waals surface area contributed by atoms with Crippen molar-refractivity contribution in [1.82, 2.24) is 0 Å². The van der Waals surface area contributed by atoms with Crippen molar-refractivity contribution >= 4 is 23.6 Å². The van der Waals surface area contributed by atoms with Crippen LogP contribution in [0.1, 0.15) is 34.1 Å². The van der Waals surface area contributed by atoms with E-state index in [2.05, 4.69) is 4.40 Å². The number of nitrogens with zero attached hydrogens (tertiary/aromatic N) is 1.